The van der Waals surface area contributed by atoms with Crippen LogP contribution in [-0.2, 0) is 7.05 Å². The van der Waals surface area contributed by atoms with E-state index in [0.717, 1.165) is 10.3 Å². The van der Waals surface area contributed by atoms with E-state index in [9.17, 15) is 4.79 Å². The molecule has 0 aliphatic carbocycles. The summed E-state index contributed by atoms with van der Waals surface area (Å²) >= 11 is 0. The Hall–Kier alpha value is -3.56. The number of anilines is 1. The molecular weight excluding hydrogens is 294 g/mol. The maximum Gasteiger partial charge on any atom is 0.268 e. The molecule has 0 saturated carbocycles. The van der Waals surface area contributed by atoms with Gasteiger partial charge in [-0.1, -0.05) is 18.2 Å². The van der Waals surface area contributed by atoms with Gasteiger partial charge in [-0.05, 0) is 35.3 Å². The molecule has 23 heavy (non-hydrogen) atoms. The fourth-order valence-electron chi connectivity index (χ4n) is 2.04. The molecule has 0 spiro atoms. The highest BCUT2D eigenvalue weighted by molar-refractivity contribution is 5.88. The van der Waals surface area contributed by atoms with E-state index >= 15 is 0 Å². The summed E-state index contributed by atoms with van der Waals surface area (Å²) < 4.78 is 1.13. The van der Waals surface area contributed by atoms with Gasteiger partial charge in [-0.3, -0.25) is 10.2 Å². The van der Waals surface area contributed by atoms with E-state index in [2.05, 4.69) is 20.6 Å². The zero-order valence-corrected chi connectivity index (χ0v) is 12.6. The van der Waals surface area contributed by atoms with Crippen molar-refractivity contribution < 1.29 is 0 Å². The Bertz CT molecular complexity index is 900. The first-order valence-electron chi connectivity index (χ1n) is 6.63. The molecule has 2 aromatic rings. The average molecular weight is 307 g/mol. The van der Waals surface area contributed by atoms with Crippen LogP contribution in [0.4, 0.5) is 11.5 Å². The summed E-state index contributed by atoms with van der Waals surface area (Å²) in [5, 5.41) is 16.8. The molecule has 0 bridgehead atoms. The van der Waals surface area contributed by atoms with Crippen molar-refractivity contribution in [2.24, 2.45) is 17.3 Å². The van der Waals surface area contributed by atoms with Crippen molar-refractivity contribution in [3.63, 3.8) is 0 Å². The van der Waals surface area contributed by atoms with Crippen molar-refractivity contribution in [1.29, 1.82) is 5.26 Å². The summed E-state index contributed by atoms with van der Waals surface area (Å²) in [6.07, 6.45) is 1.42. The molecule has 0 amide bonds. The van der Waals surface area contributed by atoms with Crippen LogP contribution >= 0.6 is 0 Å². The number of nitriles is 1. The highest BCUT2D eigenvalue weighted by Gasteiger charge is 2.15. The van der Waals surface area contributed by atoms with Gasteiger partial charge in [0.25, 0.3) is 5.56 Å². The van der Waals surface area contributed by atoms with Crippen LogP contribution in [0.5, 0.6) is 0 Å². The third kappa shape index (κ3) is 3.20. The summed E-state index contributed by atoms with van der Waals surface area (Å²) in [6, 6.07) is 11.1. The highest BCUT2D eigenvalue weighted by atomic mass is 16.1. The van der Waals surface area contributed by atoms with Crippen LogP contribution in [0.2, 0.25) is 0 Å². The van der Waals surface area contributed by atoms with Crippen LogP contribution in [0.15, 0.2) is 45.3 Å². The molecule has 1 aromatic heterocycles. The number of nitrogens with zero attached hydrogens (tertiary/aromatic N) is 6. The Morgan fingerprint density at radius 2 is 2.09 bits per heavy atom. The van der Waals surface area contributed by atoms with Crippen molar-refractivity contribution in [3.8, 4) is 6.07 Å². The molecule has 1 aromatic carbocycles. The number of para-hydroxylation sites is 1. The van der Waals surface area contributed by atoms with Crippen molar-refractivity contribution >= 4 is 17.7 Å². The van der Waals surface area contributed by atoms with E-state index in [1.165, 1.54) is 13.3 Å². The molecule has 0 atom stereocenters. The Morgan fingerprint density at radius 3 is 2.70 bits per heavy atom. The smallest absolute Gasteiger partial charge is 0.268 e. The summed E-state index contributed by atoms with van der Waals surface area (Å²) in [7, 11) is 1.44. The van der Waals surface area contributed by atoms with E-state index < -0.39 is 5.56 Å². The summed E-state index contributed by atoms with van der Waals surface area (Å²) in [5.74, 6) is 0.104. The van der Waals surface area contributed by atoms with Gasteiger partial charge in [-0.15, -0.1) is 0 Å². The van der Waals surface area contributed by atoms with Gasteiger partial charge in [0.05, 0.1) is 11.9 Å². The zero-order valence-electron chi connectivity index (χ0n) is 12.6. The molecule has 1 heterocycles. The first-order chi connectivity index (χ1) is 11.1. The van der Waals surface area contributed by atoms with Crippen molar-refractivity contribution in [2.45, 2.75) is 6.92 Å². The number of hydrazone groups is 1. The Balaban J connectivity index is 2.52. The predicted octanol–water partition coefficient (Wildman–Crippen LogP) is 2.95. The Labute approximate surface area is 131 Å². The largest absolute Gasteiger partial charge is 0.308 e. The first kappa shape index (κ1) is 15.8. The van der Waals surface area contributed by atoms with Crippen LogP contribution in [0, 0.1) is 18.3 Å². The van der Waals surface area contributed by atoms with Gasteiger partial charge < -0.3 is 4.57 Å². The van der Waals surface area contributed by atoms with Gasteiger partial charge >= 0.3 is 0 Å². The second kappa shape index (κ2) is 6.93. The Kier molecular flexibility index (Phi) is 4.77. The maximum absolute atomic E-state index is 12.1. The molecule has 0 aliphatic heterocycles. The van der Waals surface area contributed by atoms with Gasteiger partial charge in [0, 0.05) is 17.5 Å². The van der Waals surface area contributed by atoms with Gasteiger partial charge in [-0.25, -0.2) is 0 Å². The van der Waals surface area contributed by atoms with E-state index in [0.29, 0.717) is 11.1 Å². The van der Waals surface area contributed by atoms with E-state index in [1.807, 2.05) is 36.4 Å². The van der Waals surface area contributed by atoms with Gasteiger partial charge in [0.15, 0.2) is 0 Å². The molecule has 8 nitrogen and oxygen atoms in total. The minimum Gasteiger partial charge on any atom is -0.308 e. The van der Waals surface area contributed by atoms with Crippen LogP contribution < -0.4 is 11.0 Å². The van der Waals surface area contributed by atoms with Gasteiger partial charge in [0.2, 0.25) is 0 Å². The molecule has 114 valence electrons. The van der Waals surface area contributed by atoms with Crippen LogP contribution in [0.3, 0.4) is 0 Å². The van der Waals surface area contributed by atoms with Gasteiger partial charge in [-0.2, -0.15) is 10.4 Å². The standard InChI is InChI=1S/C15H13N7O/c1-10-12(8-16)15(23)22(2)14(20-21-17)13(10)9-18-19-11-6-4-3-5-7-11/h3-7,9,19H,1-2H3/b18-9+. The quantitative estimate of drug-likeness (QED) is 0.307. The topological polar surface area (TPSA) is 119 Å². The van der Waals surface area contributed by atoms with Crippen molar-refractivity contribution in [2.75, 3.05) is 5.43 Å². The van der Waals surface area contributed by atoms with E-state index in [4.69, 9.17) is 10.8 Å². The zero-order chi connectivity index (χ0) is 16.8. The lowest BCUT2D eigenvalue weighted by Gasteiger charge is -2.11. The third-order valence-electron chi connectivity index (χ3n) is 3.27. The first-order valence-corrected chi connectivity index (χ1v) is 6.63. The predicted molar refractivity (Wildman–Crippen MR) is 87.6 cm³/mol. The molecule has 1 N–H and O–H groups in total. The lowest BCUT2D eigenvalue weighted by atomic mass is 10.1. The Morgan fingerprint density at radius 1 is 1.39 bits per heavy atom. The van der Waals surface area contributed by atoms with Crippen molar-refractivity contribution in [3.05, 3.63) is 67.8 Å². The average Bonchev–Trinajstić information content (AvgIpc) is 2.57. The third-order valence-corrected chi connectivity index (χ3v) is 3.27. The second-order valence-electron chi connectivity index (χ2n) is 4.64. The molecule has 0 fully saturated rings. The monoisotopic (exact) mass is 307 g/mol. The number of azide groups is 1. The number of pyridine rings is 1. The summed E-state index contributed by atoms with van der Waals surface area (Å²) in [4.78, 5) is 14.8. The molecular formula is C15H13N7O. The van der Waals surface area contributed by atoms with Crippen LogP contribution in [-0.4, -0.2) is 10.8 Å². The lowest BCUT2D eigenvalue weighted by Crippen LogP contribution is -2.22. The molecule has 0 aliphatic rings. The number of nitrogens with one attached hydrogen (secondary N) is 1. The molecule has 0 unspecified atom stereocenters. The number of rotatable bonds is 4. The SMILES string of the molecule is Cc1c(/C=N/Nc2ccccc2)c(N=[N+]=[N-])n(C)c(=O)c1C#N. The van der Waals surface area contributed by atoms with E-state index in [-0.39, 0.29) is 11.4 Å². The maximum atomic E-state index is 12.1. The van der Waals surface area contributed by atoms with E-state index in [1.54, 1.807) is 6.92 Å². The van der Waals surface area contributed by atoms with Crippen LogP contribution in [0.1, 0.15) is 16.7 Å². The number of aromatic nitrogens is 1. The molecule has 0 radical (unpaired) electrons. The molecule has 8 heteroatoms. The lowest BCUT2D eigenvalue weighted by molar-refractivity contribution is 0.847. The minimum absolute atomic E-state index is 0.00875. The minimum atomic E-state index is -0.513. The fraction of sp³-hybridized carbons (Fsp3) is 0.133. The summed E-state index contributed by atoms with van der Waals surface area (Å²) in [5.41, 5.74) is 12.6. The number of hydrogen-bond donors (Lipinski definition) is 1. The van der Waals surface area contributed by atoms with Crippen LogP contribution in [0.25, 0.3) is 10.4 Å². The van der Waals surface area contributed by atoms with Crippen molar-refractivity contribution in [1.82, 2.24) is 4.57 Å². The second-order valence-corrected chi connectivity index (χ2v) is 4.64. The number of hydrogen-bond acceptors (Lipinski definition) is 5. The molecule has 2 rings (SSSR count). The normalized spacial score (nSPS) is 10.1. The number of benzene rings is 1. The highest BCUT2D eigenvalue weighted by Crippen LogP contribution is 2.21. The molecule has 0 saturated heterocycles. The summed E-state index contributed by atoms with van der Waals surface area (Å²) in [6.45, 7) is 1.61. The van der Waals surface area contributed by atoms with Gasteiger partial charge in [0.1, 0.15) is 17.5 Å². The fourth-order valence-corrected chi connectivity index (χ4v) is 2.04.